The van der Waals surface area contributed by atoms with Crippen molar-refractivity contribution in [2.45, 2.75) is 0 Å². The van der Waals surface area contributed by atoms with Gasteiger partial charge >= 0.3 is 5.97 Å². The predicted molar refractivity (Wildman–Crippen MR) is 57.8 cm³/mol. The summed E-state index contributed by atoms with van der Waals surface area (Å²) in [6.45, 7) is 0. The number of carboxylic acid groups (broad SMARTS) is 1. The maximum Gasteiger partial charge on any atom is 0.345 e. The second-order valence-corrected chi connectivity index (χ2v) is 4.00. The van der Waals surface area contributed by atoms with Crippen LogP contribution in [0.2, 0.25) is 0 Å². The Morgan fingerprint density at radius 1 is 1.62 bits per heavy atom. The van der Waals surface area contributed by atoms with E-state index in [-0.39, 0.29) is 10.8 Å². The van der Waals surface area contributed by atoms with E-state index in [9.17, 15) is 4.79 Å². The van der Waals surface area contributed by atoms with Gasteiger partial charge in [0.1, 0.15) is 21.3 Å². The van der Waals surface area contributed by atoms with Crippen molar-refractivity contribution >= 4 is 27.5 Å². The highest BCUT2D eigenvalue weighted by atomic mass is 32.1. The Morgan fingerprint density at radius 3 is 2.94 bits per heavy atom. The quantitative estimate of drug-likeness (QED) is 0.857. The van der Waals surface area contributed by atoms with Crippen molar-refractivity contribution < 1.29 is 14.6 Å². The number of thiophene rings is 1. The number of ether oxygens (including phenoxy) is 1. The smallest absolute Gasteiger partial charge is 0.345 e. The Balaban J connectivity index is 2.70. The zero-order valence-corrected chi connectivity index (χ0v) is 9.04. The SMILES string of the molecule is COc1nc2sc(C(=O)O)cc2cc1C#N. The highest BCUT2D eigenvalue weighted by Gasteiger charge is 2.13. The van der Waals surface area contributed by atoms with Crippen molar-refractivity contribution in [3.8, 4) is 11.9 Å². The fourth-order valence-electron chi connectivity index (χ4n) is 1.30. The van der Waals surface area contributed by atoms with Crippen LogP contribution < -0.4 is 4.74 Å². The van der Waals surface area contributed by atoms with E-state index in [4.69, 9.17) is 15.1 Å². The molecule has 0 saturated carbocycles. The van der Waals surface area contributed by atoms with Gasteiger partial charge in [-0.25, -0.2) is 9.78 Å². The lowest BCUT2D eigenvalue weighted by atomic mass is 10.2. The normalized spacial score (nSPS) is 10.0. The Labute approximate surface area is 94.5 Å². The molecule has 0 radical (unpaired) electrons. The third-order valence-electron chi connectivity index (χ3n) is 2.00. The number of carboxylic acids is 1. The van der Waals surface area contributed by atoms with Gasteiger partial charge in [-0.3, -0.25) is 0 Å². The number of rotatable bonds is 2. The zero-order chi connectivity index (χ0) is 11.7. The first kappa shape index (κ1) is 10.4. The minimum Gasteiger partial charge on any atom is -0.480 e. The standard InChI is InChI=1S/C10H6N2O3S/c1-15-8-6(4-11)2-5-3-7(10(13)14)16-9(5)12-8/h2-3H,1H3,(H,13,14). The Bertz CT molecular complexity index is 612. The summed E-state index contributed by atoms with van der Waals surface area (Å²) in [6, 6.07) is 5.02. The molecule has 16 heavy (non-hydrogen) atoms. The third-order valence-corrected chi connectivity index (χ3v) is 3.03. The lowest BCUT2D eigenvalue weighted by Crippen LogP contribution is -1.90. The summed E-state index contributed by atoms with van der Waals surface area (Å²) >= 11 is 1.05. The Morgan fingerprint density at radius 2 is 2.38 bits per heavy atom. The van der Waals surface area contributed by atoms with Gasteiger partial charge in [0, 0.05) is 5.39 Å². The van der Waals surface area contributed by atoms with E-state index in [2.05, 4.69) is 4.98 Å². The molecule has 80 valence electrons. The van der Waals surface area contributed by atoms with E-state index in [0.29, 0.717) is 15.8 Å². The van der Waals surface area contributed by atoms with Gasteiger partial charge in [0.2, 0.25) is 5.88 Å². The molecule has 0 saturated heterocycles. The Kier molecular flexibility index (Phi) is 2.46. The molecular weight excluding hydrogens is 228 g/mol. The van der Waals surface area contributed by atoms with Crippen molar-refractivity contribution in [3.05, 3.63) is 22.6 Å². The van der Waals surface area contributed by atoms with E-state index >= 15 is 0 Å². The third kappa shape index (κ3) is 1.57. The number of nitrogens with zero attached hydrogens (tertiary/aromatic N) is 2. The molecule has 2 aromatic heterocycles. The fourth-order valence-corrected chi connectivity index (χ4v) is 2.14. The summed E-state index contributed by atoms with van der Waals surface area (Å²) < 4.78 is 4.94. The number of aromatic nitrogens is 1. The minimum atomic E-state index is -1.000. The first-order chi connectivity index (χ1) is 7.65. The second kappa shape index (κ2) is 3.79. The number of aromatic carboxylic acids is 1. The van der Waals surface area contributed by atoms with E-state index in [1.807, 2.05) is 6.07 Å². The maximum atomic E-state index is 10.8. The molecule has 0 fully saturated rings. The minimum absolute atomic E-state index is 0.194. The van der Waals surface area contributed by atoms with E-state index in [1.165, 1.54) is 13.2 Å². The van der Waals surface area contributed by atoms with E-state index < -0.39 is 5.97 Å². The molecular formula is C10H6N2O3S. The lowest BCUT2D eigenvalue weighted by Gasteiger charge is -1.99. The van der Waals surface area contributed by atoms with Crippen LogP contribution in [0, 0.1) is 11.3 Å². The van der Waals surface area contributed by atoms with Crippen molar-refractivity contribution in [3.63, 3.8) is 0 Å². The van der Waals surface area contributed by atoms with Gasteiger partial charge in [0.15, 0.2) is 0 Å². The fraction of sp³-hybridized carbons (Fsp3) is 0.100. The molecule has 0 unspecified atom stereocenters. The topological polar surface area (TPSA) is 83.2 Å². The largest absolute Gasteiger partial charge is 0.480 e. The van der Waals surface area contributed by atoms with Gasteiger partial charge in [-0.1, -0.05) is 0 Å². The van der Waals surface area contributed by atoms with Crippen LogP contribution in [0.4, 0.5) is 0 Å². The highest BCUT2D eigenvalue weighted by Crippen LogP contribution is 2.28. The molecule has 1 N–H and O–H groups in total. The predicted octanol–water partition coefficient (Wildman–Crippen LogP) is 1.87. The molecule has 0 aromatic carbocycles. The van der Waals surface area contributed by atoms with Crippen molar-refractivity contribution in [1.82, 2.24) is 4.98 Å². The zero-order valence-electron chi connectivity index (χ0n) is 8.22. The molecule has 0 atom stereocenters. The van der Waals surface area contributed by atoms with Gasteiger partial charge in [-0.2, -0.15) is 5.26 Å². The number of hydrogen-bond donors (Lipinski definition) is 1. The maximum absolute atomic E-state index is 10.8. The molecule has 5 nitrogen and oxygen atoms in total. The van der Waals surface area contributed by atoms with Gasteiger partial charge < -0.3 is 9.84 Å². The van der Waals surface area contributed by atoms with Gasteiger partial charge in [0.05, 0.1) is 7.11 Å². The molecule has 0 bridgehead atoms. The van der Waals surface area contributed by atoms with Crippen LogP contribution in [0.5, 0.6) is 5.88 Å². The van der Waals surface area contributed by atoms with Crippen LogP contribution in [0.15, 0.2) is 12.1 Å². The number of pyridine rings is 1. The number of methoxy groups -OCH3 is 1. The first-order valence-corrected chi connectivity index (χ1v) is 5.09. The molecule has 0 aliphatic rings. The molecule has 0 amide bonds. The van der Waals surface area contributed by atoms with Gasteiger partial charge in [0.25, 0.3) is 0 Å². The summed E-state index contributed by atoms with van der Waals surface area (Å²) in [6.07, 6.45) is 0. The van der Waals surface area contributed by atoms with Crippen molar-refractivity contribution in [2.24, 2.45) is 0 Å². The molecule has 6 heteroatoms. The summed E-state index contributed by atoms with van der Waals surface area (Å²) in [5.74, 6) is -0.783. The van der Waals surface area contributed by atoms with Crippen LogP contribution in [-0.4, -0.2) is 23.2 Å². The monoisotopic (exact) mass is 234 g/mol. The highest BCUT2D eigenvalue weighted by molar-refractivity contribution is 7.20. The van der Waals surface area contributed by atoms with Crippen LogP contribution in [0.1, 0.15) is 15.2 Å². The molecule has 0 aliphatic carbocycles. The number of fused-ring (bicyclic) bond motifs is 1. The van der Waals surface area contributed by atoms with Crippen LogP contribution in [0.3, 0.4) is 0 Å². The molecule has 2 rings (SSSR count). The summed E-state index contributed by atoms with van der Waals surface area (Å²) in [5, 5.41) is 18.3. The second-order valence-electron chi connectivity index (χ2n) is 2.97. The summed E-state index contributed by atoms with van der Waals surface area (Å²) in [7, 11) is 1.42. The molecule has 2 aromatic rings. The lowest BCUT2D eigenvalue weighted by molar-refractivity contribution is 0.0702. The van der Waals surface area contributed by atoms with Crippen LogP contribution >= 0.6 is 11.3 Å². The molecule has 0 spiro atoms. The molecule has 2 heterocycles. The van der Waals surface area contributed by atoms with Gasteiger partial charge in [-0.05, 0) is 12.1 Å². The average Bonchev–Trinajstić information content (AvgIpc) is 2.69. The van der Waals surface area contributed by atoms with Crippen LogP contribution in [-0.2, 0) is 0 Å². The van der Waals surface area contributed by atoms with Crippen molar-refractivity contribution in [2.75, 3.05) is 7.11 Å². The Hall–Kier alpha value is -2.13. The van der Waals surface area contributed by atoms with E-state index in [1.54, 1.807) is 6.07 Å². The first-order valence-electron chi connectivity index (χ1n) is 4.27. The van der Waals surface area contributed by atoms with Crippen LogP contribution in [0.25, 0.3) is 10.2 Å². The summed E-state index contributed by atoms with van der Waals surface area (Å²) in [5.41, 5.74) is 0.296. The average molecular weight is 234 g/mol. The van der Waals surface area contributed by atoms with E-state index in [0.717, 1.165) is 11.3 Å². The molecule has 0 aliphatic heterocycles. The van der Waals surface area contributed by atoms with Crippen molar-refractivity contribution in [1.29, 1.82) is 5.26 Å². The summed E-state index contributed by atoms with van der Waals surface area (Å²) in [4.78, 5) is 15.6. The number of nitriles is 1. The number of hydrogen-bond acceptors (Lipinski definition) is 5. The van der Waals surface area contributed by atoms with Gasteiger partial charge in [-0.15, -0.1) is 11.3 Å². The number of carbonyl (C=O) groups is 1.